The zero-order valence-electron chi connectivity index (χ0n) is 13.6. The summed E-state index contributed by atoms with van der Waals surface area (Å²) in [6.07, 6.45) is 2.47. The minimum Gasteiger partial charge on any atom is -0.0843 e. The number of hydrogen-bond acceptors (Lipinski definition) is 0. The minimum absolute atomic E-state index is 0.229. The topological polar surface area (TPSA) is 0 Å². The van der Waals surface area contributed by atoms with Gasteiger partial charge in [-0.05, 0) is 70.2 Å². The van der Waals surface area contributed by atoms with Crippen LogP contribution in [0.2, 0.25) is 5.02 Å². The summed E-state index contributed by atoms with van der Waals surface area (Å²) >= 11 is 9.81. The van der Waals surface area contributed by atoms with Crippen molar-refractivity contribution in [1.82, 2.24) is 0 Å². The van der Waals surface area contributed by atoms with E-state index in [0.29, 0.717) is 0 Å². The van der Waals surface area contributed by atoms with E-state index in [9.17, 15) is 0 Å². The van der Waals surface area contributed by atoms with Gasteiger partial charge in [0.2, 0.25) is 0 Å². The second kappa shape index (κ2) is 5.39. The molecule has 1 aliphatic rings. The fraction of sp³-hybridized carbons (Fsp3) is 0.400. The van der Waals surface area contributed by atoms with Crippen LogP contribution in [0.1, 0.15) is 51.7 Å². The van der Waals surface area contributed by atoms with Crippen molar-refractivity contribution in [2.75, 3.05) is 0 Å². The van der Waals surface area contributed by atoms with Gasteiger partial charge in [-0.15, -0.1) is 0 Å². The van der Waals surface area contributed by atoms with Gasteiger partial charge in [-0.2, -0.15) is 0 Å². The summed E-state index contributed by atoms with van der Waals surface area (Å²) in [5, 5.41) is 0.777. The maximum atomic E-state index is 6.03. The SMILES string of the molecule is CC1(C)CCC(C)(C)c2cc(-c3ccc(Cl)cc3)c(Br)cc21. The van der Waals surface area contributed by atoms with E-state index in [1.54, 1.807) is 0 Å². The van der Waals surface area contributed by atoms with E-state index in [1.165, 1.54) is 39.6 Å². The van der Waals surface area contributed by atoms with Crippen LogP contribution < -0.4 is 0 Å². The molecule has 2 aromatic rings. The molecule has 0 amide bonds. The molecule has 0 bridgehead atoms. The predicted molar refractivity (Wildman–Crippen MR) is 99.9 cm³/mol. The van der Waals surface area contributed by atoms with Gasteiger partial charge in [0.15, 0.2) is 0 Å². The summed E-state index contributed by atoms with van der Waals surface area (Å²) in [7, 11) is 0. The van der Waals surface area contributed by atoms with E-state index < -0.39 is 0 Å². The van der Waals surface area contributed by atoms with Crippen molar-refractivity contribution in [2.45, 2.75) is 51.4 Å². The van der Waals surface area contributed by atoms with Gasteiger partial charge in [0.1, 0.15) is 0 Å². The van der Waals surface area contributed by atoms with Crippen LogP contribution in [0, 0.1) is 0 Å². The van der Waals surface area contributed by atoms with Crippen molar-refractivity contribution >= 4 is 27.5 Å². The molecule has 0 atom stereocenters. The molecular weight excluding hydrogens is 356 g/mol. The zero-order valence-corrected chi connectivity index (χ0v) is 16.0. The third-order valence-electron chi connectivity index (χ3n) is 5.10. The van der Waals surface area contributed by atoms with Crippen molar-refractivity contribution in [2.24, 2.45) is 0 Å². The van der Waals surface area contributed by atoms with Crippen molar-refractivity contribution in [1.29, 1.82) is 0 Å². The Bertz CT molecular complexity index is 711. The van der Waals surface area contributed by atoms with Gasteiger partial charge in [-0.1, -0.05) is 67.4 Å². The molecule has 0 unspecified atom stereocenters. The number of benzene rings is 2. The molecule has 116 valence electrons. The first kappa shape index (κ1) is 16.1. The van der Waals surface area contributed by atoms with Gasteiger partial charge in [0, 0.05) is 9.50 Å². The third-order valence-corrected chi connectivity index (χ3v) is 6.00. The molecule has 0 aromatic heterocycles. The molecule has 0 radical (unpaired) electrons. The van der Waals surface area contributed by atoms with Crippen LogP contribution in [0.5, 0.6) is 0 Å². The van der Waals surface area contributed by atoms with Gasteiger partial charge in [-0.25, -0.2) is 0 Å². The van der Waals surface area contributed by atoms with Gasteiger partial charge < -0.3 is 0 Å². The number of fused-ring (bicyclic) bond motifs is 1. The predicted octanol–water partition coefficient (Wildman–Crippen LogP) is 7.12. The van der Waals surface area contributed by atoms with Crippen LogP contribution in [-0.2, 0) is 10.8 Å². The van der Waals surface area contributed by atoms with E-state index in [1.807, 2.05) is 12.1 Å². The molecule has 0 heterocycles. The summed E-state index contributed by atoms with van der Waals surface area (Å²) in [4.78, 5) is 0. The molecule has 0 nitrogen and oxygen atoms in total. The first-order chi connectivity index (χ1) is 10.2. The molecule has 0 saturated carbocycles. The Kier molecular flexibility index (Phi) is 3.94. The molecule has 3 rings (SSSR count). The summed E-state index contributed by atoms with van der Waals surface area (Å²) < 4.78 is 1.17. The average Bonchev–Trinajstić information content (AvgIpc) is 2.45. The summed E-state index contributed by atoms with van der Waals surface area (Å²) in [5.74, 6) is 0. The zero-order chi connectivity index (χ0) is 16.1. The molecule has 0 aliphatic heterocycles. The molecule has 0 N–H and O–H groups in total. The summed E-state index contributed by atoms with van der Waals surface area (Å²) in [6, 6.07) is 12.8. The Labute approximate surface area is 147 Å². The Morgan fingerprint density at radius 1 is 0.864 bits per heavy atom. The summed E-state index contributed by atoms with van der Waals surface area (Å²) in [6.45, 7) is 9.44. The maximum absolute atomic E-state index is 6.03. The Morgan fingerprint density at radius 2 is 1.36 bits per heavy atom. The quantitative estimate of drug-likeness (QED) is 0.496. The minimum atomic E-state index is 0.229. The van der Waals surface area contributed by atoms with E-state index in [-0.39, 0.29) is 10.8 Å². The molecule has 22 heavy (non-hydrogen) atoms. The molecule has 2 aromatic carbocycles. The average molecular weight is 378 g/mol. The lowest BCUT2D eigenvalue weighted by molar-refractivity contribution is 0.332. The van der Waals surface area contributed by atoms with Crippen LogP contribution in [0.25, 0.3) is 11.1 Å². The fourth-order valence-corrected chi connectivity index (χ4v) is 4.14. The van der Waals surface area contributed by atoms with E-state index in [0.717, 1.165) is 5.02 Å². The van der Waals surface area contributed by atoms with E-state index in [2.05, 4.69) is 67.9 Å². The van der Waals surface area contributed by atoms with Gasteiger partial charge in [0.25, 0.3) is 0 Å². The van der Waals surface area contributed by atoms with E-state index in [4.69, 9.17) is 11.6 Å². The first-order valence-corrected chi connectivity index (χ1v) is 8.98. The monoisotopic (exact) mass is 376 g/mol. The van der Waals surface area contributed by atoms with Gasteiger partial charge >= 0.3 is 0 Å². The standard InChI is InChI=1S/C20H22BrCl/c1-19(2)9-10-20(3,4)17-12-18(21)15(11-16(17)19)13-5-7-14(22)8-6-13/h5-8,11-12H,9-10H2,1-4H3. The van der Waals surface area contributed by atoms with Crippen molar-refractivity contribution in [3.05, 3.63) is 57.0 Å². The smallest absolute Gasteiger partial charge is 0.0406 e. The van der Waals surface area contributed by atoms with Gasteiger partial charge in [0.05, 0.1) is 0 Å². The van der Waals surface area contributed by atoms with Crippen LogP contribution >= 0.6 is 27.5 Å². The van der Waals surface area contributed by atoms with Crippen LogP contribution in [0.3, 0.4) is 0 Å². The molecular formula is C20H22BrCl. The Hall–Kier alpha value is -0.790. The lowest BCUT2D eigenvalue weighted by atomic mass is 9.63. The fourth-order valence-electron chi connectivity index (χ4n) is 3.44. The Balaban J connectivity index is 2.22. The summed E-state index contributed by atoms with van der Waals surface area (Å²) in [5.41, 5.74) is 5.89. The number of hydrogen-bond donors (Lipinski definition) is 0. The largest absolute Gasteiger partial charge is 0.0843 e. The lowest BCUT2D eigenvalue weighted by Crippen LogP contribution is -2.33. The highest BCUT2D eigenvalue weighted by Gasteiger charge is 2.37. The Morgan fingerprint density at radius 3 is 1.91 bits per heavy atom. The van der Waals surface area contributed by atoms with E-state index >= 15 is 0 Å². The van der Waals surface area contributed by atoms with Crippen molar-refractivity contribution < 1.29 is 0 Å². The highest BCUT2D eigenvalue weighted by Crippen LogP contribution is 2.48. The highest BCUT2D eigenvalue weighted by atomic mass is 79.9. The molecule has 0 spiro atoms. The van der Waals surface area contributed by atoms with Gasteiger partial charge in [-0.3, -0.25) is 0 Å². The normalized spacial score (nSPS) is 18.8. The second-order valence-electron chi connectivity index (χ2n) is 7.65. The number of rotatable bonds is 1. The second-order valence-corrected chi connectivity index (χ2v) is 8.94. The van der Waals surface area contributed by atoms with Crippen LogP contribution in [0.4, 0.5) is 0 Å². The van der Waals surface area contributed by atoms with Crippen molar-refractivity contribution in [3.8, 4) is 11.1 Å². The maximum Gasteiger partial charge on any atom is 0.0406 e. The molecule has 1 aliphatic carbocycles. The van der Waals surface area contributed by atoms with Crippen molar-refractivity contribution in [3.63, 3.8) is 0 Å². The van der Waals surface area contributed by atoms with Crippen LogP contribution in [-0.4, -0.2) is 0 Å². The molecule has 2 heteroatoms. The lowest BCUT2D eigenvalue weighted by Gasteiger charge is -2.42. The first-order valence-electron chi connectivity index (χ1n) is 7.81. The molecule has 0 saturated heterocycles. The van der Waals surface area contributed by atoms with Crippen LogP contribution in [0.15, 0.2) is 40.9 Å². The molecule has 0 fully saturated rings. The highest BCUT2D eigenvalue weighted by molar-refractivity contribution is 9.10. The number of halogens is 2. The third kappa shape index (κ3) is 2.74.